The number of nitrogens with zero attached hydrogens (tertiary/aromatic N) is 2. The van der Waals surface area contributed by atoms with Crippen LogP contribution in [0.1, 0.15) is 38.2 Å². The average molecular weight is 429 g/mol. The highest BCUT2D eigenvalue weighted by atomic mass is 32.2. The van der Waals surface area contributed by atoms with E-state index in [9.17, 15) is 13.5 Å². The van der Waals surface area contributed by atoms with E-state index in [-0.39, 0.29) is 11.4 Å². The lowest BCUT2D eigenvalue weighted by atomic mass is 10.0. The molecule has 0 radical (unpaired) electrons. The first-order valence-electron chi connectivity index (χ1n) is 11.0. The summed E-state index contributed by atoms with van der Waals surface area (Å²) in [6.07, 6.45) is 4.47. The van der Waals surface area contributed by atoms with E-state index < -0.39 is 16.1 Å². The first-order chi connectivity index (χ1) is 14.4. The molecule has 2 fully saturated rings. The quantitative estimate of drug-likeness (QED) is 0.765. The first-order valence-corrected chi connectivity index (χ1v) is 12.5. The van der Waals surface area contributed by atoms with Crippen LogP contribution in [0.2, 0.25) is 0 Å². The molecule has 6 heteroatoms. The number of aliphatic hydroxyl groups excluding tert-OH is 1. The SMILES string of the molecule is C[C@@H]1CCCN1CCc1ccc(-c2ccc(S(=O)(=O)N3CCC[C@H](O)C3)cc2)cc1. The molecular formula is C24H32N2O3S. The molecule has 0 unspecified atom stereocenters. The zero-order chi connectivity index (χ0) is 21.1. The van der Waals surface area contributed by atoms with E-state index in [2.05, 4.69) is 36.1 Å². The molecule has 2 aromatic carbocycles. The van der Waals surface area contributed by atoms with Gasteiger partial charge in [0, 0.05) is 25.7 Å². The Morgan fingerprint density at radius 1 is 0.933 bits per heavy atom. The van der Waals surface area contributed by atoms with Gasteiger partial charge in [0.15, 0.2) is 0 Å². The number of benzene rings is 2. The van der Waals surface area contributed by atoms with Crippen LogP contribution < -0.4 is 0 Å². The van der Waals surface area contributed by atoms with Crippen molar-refractivity contribution in [2.24, 2.45) is 0 Å². The Labute approximate surface area is 180 Å². The molecule has 2 heterocycles. The maximum atomic E-state index is 12.8. The van der Waals surface area contributed by atoms with E-state index in [4.69, 9.17) is 0 Å². The van der Waals surface area contributed by atoms with Crippen LogP contribution in [0.5, 0.6) is 0 Å². The molecule has 0 aliphatic carbocycles. The Morgan fingerprint density at radius 2 is 1.57 bits per heavy atom. The first kappa shape index (κ1) is 21.5. The number of β-amino-alcohol motifs (C(OH)–C–C–N with tert-alkyl or cyclic N) is 1. The van der Waals surface area contributed by atoms with Gasteiger partial charge in [0.2, 0.25) is 10.0 Å². The Bertz CT molecular complexity index is 941. The third kappa shape index (κ3) is 4.78. The second-order valence-corrected chi connectivity index (χ2v) is 10.6. The minimum Gasteiger partial charge on any atom is -0.392 e. The average Bonchev–Trinajstić information content (AvgIpc) is 3.17. The summed E-state index contributed by atoms with van der Waals surface area (Å²) in [5.74, 6) is 0. The van der Waals surface area contributed by atoms with Gasteiger partial charge in [-0.2, -0.15) is 4.31 Å². The zero-order valence-corrected chi connectivity index (χ0v) is 18.5. The molecule has 2 aliphatic rings. The monoisotopic (exact) mass is 428 g/mol. The maximum absolute atomic E-state index is 12.8. The summed E-state index contributed by atoms with van der Waals surface area (Å²) in [7, 11) is -3.55. The van der Waals surface area contributed by atoms with Gasteiger partial charge in [-0.1, -0.05) is 36.4 Å². The van der Waals surface area contributed by atoms with Crippen LogP contribution >= 0.6 is 0 Å². The lowest BCUT2D eigenvalue weighted by molar-refractivity contribution is 0.108. The lowest BCUT2D eigenvalue weighted by Gasteiger charge is -2.29. The van der Waals surface area contributed by atoms with E-state index in [1.54, 1.807) is 12.1 Å². The molecule has 0 aromatic heterocycles. The van der Waals surface area contributed by atoms with Gasteiger partial charge in [-0.05, 0) is 74.4 Å². The summed E-state index contributed by atoms with van der Waals surface area (Å²) in [5, 5.41) is 9.81. The van der Waals surface area contributed by atoms with Crippen molar-refractivity contribution in [3.63, 3.8) is 0 Å². The second-order valence-electron chi connectivity index (χ2n) is 8.66. The highest BCUT2D eigenvalue weighted by molar-refractivity contribution is 7.89. The smallest absolute Gasteiger partial charge is 0.243 e. The fraction of sp³-hybridized carbons (Fsp3) is 0.500. The standard InChI is InChI=1S/C24H32N2O3S/c1-19-4-2-15-25(19)17-14-20-6-8-21(9-7-20)22-10-12-24(13-11-22)30(28,29)26-16-3-5-23(27)18-26/h6-13,19,23,27H,2-5,14-18H2,1H3/t19-,23+/m1/s1. The van der Waals surface area contributed by atoms with Crippen molar-refractivity contribution in [2.75, 3.05) is 26.2 Å². The molecule has 2 aliphatic heterocycles. The largest absolute Gasteiger partial charge is 0.392 e. The molecule has 162 valence electrons. The van der Waals surface area contributed by atoms with Gasteiger partial charge in [-0.25, -0.2) is 8.42 Å². The van der Waals surface area contributed by atoms with E-state index in [0.717, 1.165) is 24.1 Å². The molecule has 30 heavy (non-hydrogen) atoms. The van der Waals surface area contributed by atoms with Crippen molar-refractivity contribution in [1.29, 1.82) is 0 Å². The predicted octanol–water partition coefficient (Wildman–Crippen LogP) is 3.53. The molecule has 0 saturated carbocycles. The van der Waals surface area contributed by atoms with Crippen LogP contribution in [0.25, 0.3) is 11.1 Å². The molecule has 2 saturated heterocycles. The van der Waals surface area contributed by atoms with E-state index in [0.29, 0.717) is 25.4 Å². The summed E-state index contributed by atoms with van der Waals surface area (Å²) in [6.45, 7) is 5.29. The van der Waals surface area contributed by atoms with Gasteiger partial charge in [0.1, 0.15) is 0 Å². The maximum Gasteiger partial charge on any atom is 0.243 e. The minimum atomic E-state index is -3.55. The lowest BCUT2D eigenvalue weighted by Crippen LogP contribution is -2.42. The molecule has 5 nitrogen and oxygen atoms in total. The van der Waals surface area contributed by atoms with Crippen molar-refractivity contribution in [3.8, 4) is 11.1 Å². The van der Waals surface area contributed by atoms with Crippen LogP contribution in [-0.4, -0.2) is 61.1 Å². The van der Waals surface area contributed by atoms with Crippen molar-refractivity contribution in [2.45, 2.75) is 56.1 Å². The summed E-state index contributed by atoms with van der Waals surface area (Å²) >= 11 is 0. The van der Waals surface area contributed by atoms with Gasteiger partial charge in [0.25, 0.3) is 0 Å². The number of piperidine rings is 1. The van der Waals surface area contributed by atoms with Crippen molar-refractivity contribution in [3.05, 3.63) is 54.1 Å². The topological polar surface area (TPSA) is 60.9 Å². The third-order valence-electron chi connectivity index (χ3n) is 6.52. The normalized spacial score (nSPS) is 23.7. The van der Waals surface area contributed by atoms with Crippen molar-refractivity contribution < 1.29 is 13.5 Å². The van der Waals surface area contributed by atoms with E-state index in [1.807, 2.05) is 12.1 Å². The van der Waals surface area contributed by atoms with E-state index in [1.165, 1.54) is 29.3 Å². The number of sulfonamides is 1. The van der Waals surface area contributed by atoms with Crippen molar-refractivity contribution >= 4 is 10.0 Å². The van der Waals surface area contributed by atoms with Crippen LogP contribution in [0.3, 0.4) is 0 Å². The number of aliphatic hydroxyl groups is 1. The molecule has 4 rings (SSSR count). The zero-order valence-electron chi connectivity index (χ0n) is 17.7. The second kappa shape index (κ2) is 9.18. The Kier molecular flexibility index (Phi) is 6.58. The highest BCUT2D eigenvalue weighted by Crippen LogP contribution is 2.25. The minimum absolute atomic E-state index is 0.182. The number of hydrogen-bond acceptors (Lipinski definition) is 4. The summed E-state index contributed by atoms with van der Waals surface area (Å²) in [4.78, 5) is 2.85. The summed E-state index contributed by atoms with van der Waals surface area (Å²) in [5.41, 5.74) is 3.43. The Balaban J connectivity index is 1.41. The van der Waals surface area contributed by atoms with Gasteiger partial charge >= 0.3 is 0 Å². The molecular weight excluding hydrogens is 396 g/mol. The molecule has 0 amide bonds. The van der Waals surface area contributed by atoms with Crippen LogP contribution in [0.4, 0.5) is 0 Å². The van der Waals surface area contributed by atoms with Gasteiger partial charge in [-0.3, -0.25) is 0 Å². The van der Waals surface area contributed by atoms with Crippen LogP contribution in [-0.2, 0) is 16.4 Å². The fourth-order valence-corrected chi connectivity index (χ4v) is 6.09. The van der Waals surface area contributed by atoms with Crippen LogP contribution in [0.15, 0.2) is 53.4 Å². The number of likely N-dealkylation sites (tertiary alicyclic amines) is 1. The molecule has 2 atom stereocenters. The van der Waals surface area contributed by atoms with Gasteiger partial charge in [-0.15, -0.1) is 0 Å². The molecule has 2 aromatic rings. The Hall–Kier alpha value is -1.73. The molecule has 1 N–H and O–H groups in total. The highest BCUT2D eigenvalue weighted by Gasteiger charge is 2.29. The van der Waals surface area contributed by atoms with E-state index >= 15 is 0 Å². The summed E-state index contributed by atoms with van der Waals surface area (Å²) in [6, 6.07) is 16.4. The number of hydrogen-bond donors (Lipinski definition) is 1. The van der Waals surface area contributed by atoms with Crippen LogP contribution in [0, 0.1) is 0 Å². The molecule has 0 bridgehead atoms. The summed E-state index contributed by atoms with van der Waals surface area (Å²) < 4.78 is 27.1. The predicted molar refractivity (Wildman–Crippen MR) is 120 cm³/mol. The fourth-order valence-electron chi connectivity index (χ4n) is 4.57. The Morgan fingerprint density at radius 3 is 2.17 bits per heavy atom. The van der Waals surface area contributed by atoms with Gasteiger partial charge in [0.05, 0.1) is 11.0 Å². The molecule has 0 spiro atoms. The van der Waals surface area contributed by atoms with Gasteiger partial charge < -0.3 is 10.0 Å². The third-order valence-corrected chi connectivity index (χ3v) is 8.40. The number of rotatable bonds is 6. The van der Waals surface area contributed by atoms with Crippen molar-refractivity contribution in [1.82, 2.24) is 9.21 Å².